The minimum atomic E-state index is -0.392. The van der Waals surface area contributed by atoms with Crippen molar-refractivity contribution in [2.75, 3.05) is 50.2 Å². The highest BCUT2D eigenvalue weighted by Crippen LogP contribution is 2.34. The van der Waals surface area contributed by atoms with E-state index in [-0.39, 0.29) is 5.82 Å². The molecule has 2 aromatic heterocycles. The number of esters is 1. The molecular weight excluding hydrogens is 489 g/mol. The standard InChI is InChI=1S/C24H22FN5O3S2/c1-32-19-8-7-15(23(31)33-2)13-18(19)28-9-11-29(12-10-28)21-20-22(27-14-26-21)30(24(34)35-20)17-6-4-3-5-16(17)25/h3-8,13-14H,9-12H2,1-2H3. The van der Waals surface area contributed by atoms with Gasteiger partial charge >= 0.3 is 5.97 Å². The number of fused-ring (bicyclic) bond motifs is 1. The van der Waals surface area contributed by atoms with Gasteiger partial charge in [0.2, 0.25) is 0 Å². The van der Waals surface area contributed by atoms with Gasteiger partial charge in [-0.2, -0.15) is 0 Å². The Morgan fingerprint density at radius 2 is 1.77 bits per heavy atom. The molecular formula is C24H22FN5O3S2. The van der Waals surface area contributed by atoms with E-state index in [2.05, 4.69) is 19.8 Å². The van der Waals surface area contributed by atoms with Crippen LogP contribution in [0.4, 0.5) is 15.9 Å². The van der Waals surface area contributed by atoms with Crippen molar-refractivity contribution in [3.63, 3.8) is 0 Å². The van der Waals surface area contributed by atoms with E-state index in [0.29, 0.717) is 52.8 Å². The third-order valence-corrected chi connectivity index (χ3v) is 7.32. The molecule has 0 unspecified atom stereocenters. The van der Waals surface area contributed by atoms with E-state index in [9.17, 15) is 9.18 Å². The summed E-state index contributed by atoms with van der Waals surface area (Å²) in [7, 11) is 2.97. The summed E-state index contributed by atoms with van der Waals surface area (Å²) in [6.07, 6.45) is 1.49. The van der Waals surface area contributed by atoms with Crippen LogP contribution >= 0.6 is 23.6 Å². The lowest BCUT2D eigenvalue weighted by Gasteiger charge is -2.37. The minimum absolute atomic E-state index is 0.361. The van der Waals surface area contributed by atoms with Gasteiger partial charge in [-0.05, 0) is 42.5 Å². The second-order valence-electron chi connectivity index (χ2n) is 7.86. The van der Waals surface area contributed by atoms with Gasteiger partial charge in [-0.25, -0.2) is 19.2 Å². The maximum Gasteiger partial charge on any atom is 0.337 e. The molecule has 0 amide bonds. The molecule has 0 radical (unpaired) electrons. The molecule has 0 aliphatic carbocycles. The first-order valence-corrected chi connectivity index (χ1v) is 12.1. The molecule has 0 bridgehead atoms. The lowest BCUT2D eigenvalue weighted by Crippen LogP contribution is -2.47. The van der Waals surface area contributed by atoms with E-state index < -0.39 is 5.97 Å². The number of para-hydroxylation sites is 1. The first-order valence-electron chi connectivity index (χ1n) is 10.9. The van der Waals surface area contributed by atoms with Gasteiger partial charge in [0.05, 0.1) is 31.2 Å². The van der Waals surface area contributed by atoms with Crippen molar-refractivity contribution in [3.05, 3.63) is 64.1 Å². The maximum atomic E-state index is 14.5. The van der Waals surface area contributed by atoms with E-state index in [1.165, 1.54) is 30.8 Å². The van der Waals surface area contributed by atoms with Crippen LogP contribution in [0.15, 0.2) is 48.8 Å². The summed E-state index contributed by atoms with van der Waals surface area (Å²) >= 11 is 6.95. The van der Waals surface area contributed by atoms with Gasteiger partial charge in [0, 0.05) is 26.2 Å². The van der Waals surface area contributed by atoms with Crippen LogP contribution in [0.2, 0.25) is 0 Å². The molecule has 4 aromatic rings. The number of carbonyl (C=O) groups excluding carboxylic acids is 1. The number of thiazole rings is 1. The Morgan fingerprint density at radius 1 is 1.03 bits per heavy atom. The topological polar surface area (TPSA) is 72.7 Å². The zero-order valence-electron chi connectivity index (χ0n) is 19.1. The van der Waals surface area contributed by atoms with Crippen molar-refractivity contribution in [2.24, 2.45) is 0 Å². The smallest absolute Gasteiger partial charge is 0.337 e. The summed E-state index contributed by atoms with van der Waals surface area (Å²) in [6, 6.07) is 11.8. The Kier molecular flexibility index (Phi) is 6.35. The second kappa shape index (κ2) is 9.59. The van der Waals surface area contributed by atoms with Crippen LogP contribution in [-0.2, 0) is 4.74 Å². The van der Waals surface area contributed by atoms with Crippen LogP contribution in [0.5, 0.6) is 5.75 Å². The molecule has 5 rings (SSSR count). The fourth-order valence-corrected chi connectivity index (χ4v) is 5.63. The van der Waals surface area contributed by atoms with E-state index in [1.54, 1.807) is 48.1 Å². The van der Waals surface area contributed by atoms with E-state index >= 15 is 0 Å². The van der Waals surface area contributed by atoms with Crippen LogP contribution in [0, 0.1) is 9.77 Å². The van der Waals surface area contributed by atoms with Crippen LogP contribution in [0.1, 0.15) is 10.4 Å². The molecule has 1 aliphatic heterocycles. The molecule has 1 aliphatic rings. The van der Waals surface area contributed by atoms with Crippen molar-refractivity contribution >= 4 is 51.4 Å². The van der Waals surface area contributed by atoms with Gasteiger partial charge in [-0.15, -0.1) is 0 Å². The van der Waals surface area contributed by atoms with Crippen LogP contribution in [0.25, 0.3) is 16.0 Å². The molecule has 0 saturated carbocycles. The quantitative estimate of drug-likeness (QED) is 0.287. The molecule has 1 fully saturated rings. The monoisotopic (exact) mass is 511 g/mol. The number of aromatic nitrogens is 3. The zero-order chi connectivity index (χ0) is 24.5. The van der Waals surface area contributed by atoms with E-state index in [0.717, 1.165) is 16.2 Å². The van der Waals surface area contributed by atoms with Crippen LogP contribution in [-0.4, -0.2) is 60.9 Å². The second-order valence-corrected chi connectivity index (χ2v) is 9.50. The number of benzene rings is 2. The number of carbonyl (C=O) groups is 1. The number of hydrogen-bond acceptors (Lipinski definition) is 9. The Morgan fingerprint density at radius 3 is 2.49 bits per heavy atom. The van der Waals surface area contributed by atoms with E-state index in [1.807, 2.05) is 0 Å². The number of halogens is 1. The van der Waals surface area contributed by atoms with Gasteiger partial charge in [0.15, 0.2) is 15.4 Å². The first kappa shape index (κ1) is 23.2. The third-order valence-electron chi connectivity index (χ3n) is 5.96. The first-order chi connectivity index (χ1) is 17.0. The van der Waals surface area contributed by atoms with Gasteiger partial charge in [-0.1, -0.05) is 23.5 Å². The summed E-state index contributed by atoms with van der Waals surface area (Å²) in [6.45, 7) is 2.74. The van der Waals surface area contributed by atoms with Crippen LogP contribution in [0.3, 0.4) is 0 Å². The number of anilines is 2. The molecule has 0 atom stereocenters. The Balaban J connectivity index is 1.44. The highest BCUT2D eigenvalue weighted by Gasteiger charge is 2.25. The Bertz CT molecular complexity index is 1460. The molecule has 2 aromatic carbocycles. The van der Waals surface area contributed by atoms with Crippen LogP contribution < -0.4 is 14.5 Å². The lowest BCUT2D eigenvalue weighted by molar-refractivity contribution is 0.0600. The minimum Gasteiger partial charge on any atom is -0.495 e. The largest absolute Gasteiger partial charge is 0.495 e. The van der Waals surface area contributed by atoms with Crippen molar-refractivity contribution in [1.82, 2.24) is 14.5 Å². The predicted octanol–water partition coefficient (Wildman–Crippen LogP) is 4.47. The number of ether oxygens (including phenoxy) is 2. The normalized spacial score (nSPS) is 13.8. The van der Waals surface area contributed by atoms with Gasteiger partial charge < -0.3 is 19.3 Å². The van der Waals surface area contributed by atoms with Crippen molar-refractivity contribution in [1.29, 1.82) is 0 Å². The SMILES string of the molecule is COC(=O)c1ccc(OC)c(N2CCN(c3ncnc4c3sc(=S)n4-c3ccccc3F)CC2)c1. The summed E-state index contributed by atoms with van der Waals surface area (Å²) in [5.74, 6) is 0.711. The lowest BCUT2D eigenvalue weighted by atomic mass is 10.1. The highest BCUT2D eigenvalue weighted by molar-refractivity contribution is 7.73. The average molecular weight is 512 g/mol. The van der Waals surface area contributed by atoms with Gasteiger partial charge in [0.25, 0.3) is 0 Å². The Labute approximate surface area is 210 Å². The van der Waals surface area contributed by atoms with E-state index in [4.69, 9.17) is 21.7 Å². The zero-order valence-corrected chi connectivity index (χ0v) is 20.7. The summed E-state index contributed by atoms with van der Waals surface area (Å²) in [5.41, 5.74) is 2.27. The predicted molar refractivity (Wildman–Crippen MR) is 136 cm³/mol. The molecule has 0 spiro atoms. The summed E-state index contributed by atoms with van der Waals surface area (Å²) in [4.78, 5) is 25.3. The number of methoxy groups -OCH3 is 2. The molecule has 3 heterocycles. The number of hydrogen-bond donors (Lipinski definition) is 0. The average Bonchev–Trinajstić information content (AvgIpc) is 3.24. The van der Waals surface area contributed by atoms with Crippen molar-refractivity contribution in [2.45, 2.75) is 0 Å². The fraction of sp³-hybridized carbons (Fsp3) is 0.250. The summed E-state index contributed by atoms with van der Waals surface area (Å²) in [5, 5.41) is 0. The number of nitrogens with zero attached hydrogens (tertiary/aromatic N) is 5. The fourth-order valence-electron chi connectivity index (χ4n) is 4.24. The number of piperazine rings is 1. The van der Waals surface area contributed by atoms with Gasteiger partial charge in [0.1, 0.15) is 22.6 Å². The third kappa shape index (κ3) is 4.21. The van der Waals surface area contributed by atoms with Crippen molar-refractivity contribution in [3.8, 4) is 11.4 Å². The molecule has 35 heavy (non-hydrogen) atoms. The summed E-state index contributed by atoms with van der Waals surface area (Å²) < 4.78 is 27.9. The maximum absolute atomic E-state index is 14.5. The molecule has 8 nitrogen and oxygen atoms in total. The Hall–Kier alpha value is -3.57. The highest BCUT2D eigenvalue weighted by atomic mass is 32.1. The molecule has 1 saturated heterocycles. The van der Waals surface area contributed by atoms with Crippen molar-refractivity contribution < 1.29 is 18.7 Å². The molecule has 11 heteroatoms. The molecule has 0 N–H and O–H groups in total. The molecule has 180 valence electrons. The number of rotatable bonds is 5. The van der Waals surface area contributed by atoms with Gasteiger partial charge in [-0.3, -0.25) is 4.57 Å².